The molecule has 1 saturated heterocycles. The van der Waals surface area contributed by atoms with Crippen molar-refractivity contribution >= 4 is 45.6 Å². The van der Waals surface area contributed by atoms with E-state index in [1.807, 2.05) is 0 Å². The number of benzene rings is 2. The SMILES string of the molecule is S=C1OC(=S)N2C1Cc1c([nH]c3ccccc13)C2c1ccc2c(c1)OC[I-]2. The fourth-order valence-corrected chi connectivity index (χ4v) is 6.90. The molecule has 1 fully saturated rings. The molecular formula is C20H14IN2O2S2-. The van der Waals surface area contributed by atoms with Gasteiger partial charge in [-0.15, -0.1) is 0 Å². The van der Waals surface area contributed by atoms with Crippen LogP contribution in [0.2, 0.25) is 0 Å². The van der Waals surface area contributed by atoms with Gasteiger partial charge in [-0.3, -0.25) is 0 Å². The number of hydrogen-bond acceptors (Lipinski definition) is 4. The second-order valence-corrected chi connectivity index (χ2v) is 10.2. The number of nitrogens with zero attached hydrogens (tertiary/aromatic N) is 1. The number of hydrogen-bond donors (Lipinski definition) is 1. The average Bonchev–Trinajstić information content (AvgIpc) is 3.36. The van der Waals surface area contributed by atoms with Crippen molar-refractivity contribution in [1.29, 1.82) is 0 Å². The van der Waals surface area contributed by atoms with Crippen molar-refractivity contribution in [1.82, 2.24) is 9.88 Å². The van der Waals surface area contributed by atoms with Gasteiger partial charge in [-0.05, 0) is 0 Å². The Morgan fingerprint density at radius 2 is 2.04 bits per heavy atom. The summed E-state index contributed by atoms with van der Waals surface area (Å²) in [6.45, 7) is 0. The summed E-state index contributed by atoms with van der Waals surface area (Å²) in [5.41, 5.74) is 4.79. The number of thiocarbonyl (C=S) groups is 2. The first kappa shape index (κ1) is 16.3. The van der Waals surface area contributed by atoms with Crippen molar-refractivity contribution in [3.05, 3.63) is 62.9 Å². The van der Waals surface area contributed by atoms with E-state index in [9.17, 15) is 0 Å². The van der Waals surface area contributed by atoms with E-state index in [-0.39, 0.29) is 33.3 Å². The van der Waals surface area contributed by atoms with Gasteiger partial charge < -0.3 is 0 Å². The number of aromatic amines is 1. The van der Waals surface area contributed by atoms with Crippen LogP contribution < -0.4 is 25.9 Å². The topological polar surface area (TPSA) is 37.5 Å². The summed E-state index contributed by atoms with van der Waals surface area (Å²) in [5.74, 6) is 1.02. The van der Waals surface area contributed by atoms with Gasteiger partial charge in [0.25, 0.3) is 0 Å². The molecule has 7 heteroatoms. The van der Waals surface area contributed by atoms with E-state index >= 15 is 0 Å². The third kappa shape index (κ3) is 2.31. The Bertz CT molecular complexity index is 1140. The minimum absolute atomic E-state index is 0.00851. The molecule has 2 aromatic carbocycles. The summed E-state index contributed by atoms with van der Waals surface area (Å²) in [6, 6.07) is 15.0. The Kier molecular flexibility index (Phi) is 3.55. The number of alkyl halides is 1. The van der Waals surface area contributed by atoms with E-state index in [0.29, 0.717) is 10.2 Å². The maximum absolute atomic E-state index is 5.87. The fraction of sp³-hybridized carbons (Fsp3) is 0.200. The third-order valence-corrected chi connectivity index (χ3v) is 8.47. The second kappa shape index (κ2) is 5.89. The van der Waals surface area contributed by atoms with Crippen LogP contribution in [0.3, 0.4) is 0 Å². The van der Waals surface area contributed by atoms with Gasteiger partial charge in [0, 0.05) is 0 Å². The predicted octanol–water partition coefficient (Wildman–Crippen LogP) is 0.735. The summed E-state index contributed by atoms with van der Waals surface area (Å²) in [7, 11) is 0. The molecule has 0 saturated carbocycles. The molecule has 27 heavy (non-hydrogen) atoms. The van der Waals surface area contributed by atoms with Crippen LogP contribution in [0.15, 0.2) is 42.5 Å². The zero-order chi connectivity index (χ0) is 18.1. The summed E-state index contributed by atoms with van der Waals surface area (Å²) in [4.78, 5) is 5.80. The van der Waals surface area contributed by atoms with Gasteiger partial charge in [0.15, 0.2) is 0 Å². The van der Waals surface area contributed by atoms with Crippen molar-refractivity contribution in [3.8, 4) is 5.75 Å². The molecule has 4 nitrogen and oxygen atoms in total. The van der Waals surface area contributed by atoms with Crippen molar-refractivity contribution in [3.63, 3.8) is 0 Å². The molecule has 0 bridgehead atoms. The van der Waals surface area contributed by atoms with Gasteiger partial charge >= 0.3 is 178 Å². The van der Waals surface area contributed by atoms with Gasteiger partial charge in [0.2, 0.25) is 0 Å². The van der Waals surface area contributed by atoms with E-state index in [0.717, 1.165) is 27.9 Å². The van der Waals surface area contributed by atoms with Gasteiger partial charge in [0.05, 0.1) is 0 Å². The van der Waals surface area contributed by atoms with Crippen molar-refractivity contribution in [2.75, 3.05) is 4.61 Å². The van der Waals surface area contributed by atoms with Gasteiger partial charge in [-0.25, -0.2) is 0 Å². The van der Waals surface area contributed by atoms with Crippen LogP contribution in [-0.2, 0) is 11.2 Å². The van der Waals surface area contributed by atoms with Crippen molar-refractivity contribution in [2.45, 2.75) is 18.5 Å². The van der Waals surface area contributed by atoms with Crippen LogP contribution in [0.4, 0.5) is 0 Å². The number of aromatic nitrogens is 1. The number of fused-ring (bicyclic) bond motifs is 5. The molecule has 3 aromatic rings. The fourth-order valence-electron chi connectivity index (χ4n) is 4.30. The van der Waals surface area contributed by atoms with E-state index < -0.39 is 0 Å². The zero-order valence-electron chi connectivity index (χ0n) is 14.1. The summed E-state index contributed by atoms with van der Waals surface area (Å²) in [5, 5.41) is 2.29. The molecule has 6 rings (SSSR count). The van der Waals surface area contributed by atoms with Crippen LogP contribution in [0.1, 0.15) is 22.9 Å². The Morgan fingerprint density at radius 1 is 1.15 bits per heavy atom. The molecule has 0 spiro atoms. The average molecular weight is 505 g/mol. The van der Waals surface area contributed by atoms with Gasteiger partial charge in [-0.1, -0.05) is 0 Å². The Labute approximate surface area is 177 Å². The predicted molar refractivity (Wildman–Crippen MR) is 106 cm³/mol. The van der Waals surface area contributed by atoms with Gasteiger partial charge in [0.1, 0.15) is 0 Å². The molecule has 0 amide bonds. The molecule has 0 aliphatic carbocycles. The molecule has 136 valence electrons. The van der Waals surface area contributed by atoms with E-state index in [1.165, 1.54) is 20.2 Å². The van der Waals surface area contributed by atoms with E-state index in [2.05, 4.69) is 52.3 Å². The Morgan fingerprint density at radius 3 is 2.96 bits per heavy atom. The summed E-state index contributed by atoms with van der Waals surface area (Å²) in [6.07, 6.45) is 0.807. The minimum atomic E-state index is -0.0493. The van der Waals surface area contributed by atoms with Gasteiger partial charge in [-0.2, -0.15) is 0 Å². The molecule has 1 aromatic heterocycles. The third-order valence-electron chi connectivity index (χ3n) is 5.48. The molecule has 2 unspecified atom stereocenters. The second-order valence-electron chi connectivity index (χ2n) is 6.86. The molecule has 3 aliphatic rings. The van der Waals surface area contributed by atoms with E-state index in [4.69, 9.17) is 33.9 Å². The molecule has 4 heterocycles. The van der Waals surface area contributed by atoms with Crippen LogP contribution >= 0.6 is 24.4 Å². The maximum atomic E-state index is 5.87. The van der Waals surface area contributed by atoms with Crippen LogP contribution in [0.25, 0.3) is 10.9 Å². The first-order chi connectivity index (χ1) is 13.2. The van der Waals surface area contributed by atoms with Crippen LogP contribution in [0, 0.1) is 3.57 Å². The number of H-pyrrole nitrogens is 1. The number of ether oxygens (including phenoxy) is 2. The normalized spacial score (nSPS) is 23.3. The van der Waals surface area contributed by atoms with Crippen molar-refractivity contribution < 1.29 is 30.7 Å². The molecule has 2 atom stereocenters. The summed E-state index contributed by atoms with van der Waals surface area (Å²) >= 11 is 11.1. The number of nitrogens with one attached hydrogen (secondary N) is 1. The zero-order valence-corrected chi connectivity index (χ0v) is 17.9. The Balaban J connectivity index is 1.60. The number of para-hydroxylation sites is 1. The molecule has 0 radical (unpaired) electrons. The number of rotatable bonds is 1. The van der Waals surface area contributed by atoms with E-state index in [1.54, 1.807) is 0 Å². The molecular weight excluding hydrogens is 491 g/mol. The standard InChI is InChI=1S/C20H14IN2O2S2/c26-19-15-8-12-11-3-1-2-4-14(11)22-17(12)18(23(15)20(27)25-19)10-5-6-13-16(7-10)24-9-21-13/h1-7,15,18,22H,8-9H2/q-1. The molecule has 1 N–H and O–H groups in total. The van der Waals surface area contributed by atoms with Crippen molar-refractivity contribution in [2.24, 2.45) is 0 Å². The first-order valence-electron chi connectivity index (χ1n) is 8.70. The monoisotopic (exact) mass is 505 g/mol. The summed E-state index contributed by atoms with van der Waals surface area (Å²) < 4.78 is 13.8. The van der Waals surface area contributed by atoms with Crippen LogP contribution in [-0.4, -0.2) is 30.8 Å². The molecule has 3 aliphatic heterocycles. The number of halogens is 1. The van der Waals surface area contributed by atoms with Crippen LogP contribution in [0.5, 0.6) is 5.75 Å². The quantitative estimate of drug-likeness (QED) is 0.300. The first-order valence-corrected chi connectivity index (χ1v) is 12.1. The Hall–Kier alpha value is -1.71.